The Morgan fingerprint density at radius 2 is 2.00 bits per heavy atom. The van der Waals surface area contributed by atoms with Gasteiger partial charge in [0.2, 0.25) is 0 Å². The van der Waals surface area contributed by atoms with Gasteiger partial charge in [-0.05, 0) is 17.9 Å². The molecule has 1 unspecified atom stereocenters. The van der Waals surface area contributed by atoms with E-state index in [1.807, 2.05) is 24.3 Å². The van der Waals surface area contributed by atoms with E-state index >= 15 is 0 Å². The number of esters is 1. The summed E-state index contributed by atoms with van der Waals surface area (Å²) in [5, 5.41) is 0. The van der Waals surface area contributed by atoms with Crippen molar-refractivity contribution in [3.63, 3.8) is 0 Å². The van der Waals surface area contributed by atoms with Crippen molar-refractivity contribution in [2.45, 2.75) is 46.3 Å². The molecule has 0 aliphatic heterocycles. The van der Waals surface area contributed by atoms with Gasteiger partial charge in [-0.1, -0.05) is 54.9 Å². The Morgan fingerprint density at radius 3 is 2.58 bits per heavy atom. The van der Waals surface area contributed by atoms with Crippen LogP contribution < -0.4 is 5.73 Å². The second kappa shape index (κ2) is 7.06. The quantitative estimate of drug-likeness (QED) is 0.840. The molecule has 1 atom stereocenters. The number of ether oxygens (including phenoxy) is 1. The Labute approximate surface area is 123 Å². The largest absolute Gasteiger partial charge is 0.461 e. The summed E-state index contributed by atoms with van der Waals surface area (Å²) < 4.78 is 6.19. The third-order valence-electron chi connectivity index (χ3n) is 2.65. The molecule has 1 aromatic rings. The maximum Gasteiger partial charge on any atom is 0.307 e. The first-order valence-electron chi connectivity index (χ1n) is 6.42. The standard InChI is InChI=1S/C15H22BrNO2/c1-15(2,3)9-12(17)8-14(18)19-10-11-6-4-5-7-13(11)16/h4-7,12H,8-10,17H2,1-3H3. The molecule has 106 valence electrons. The molecule has 0 bridgehead atoms. The van der Waals surface area contributed by atoms with E-state index in [9.17, 15) is 4.79 Å². The van der Waals surface area contributed by atoms with E-state index in [4.69, 9.17) is 10.5 Å². The van der Waals surface area contributed by atoms with Crippen LogP contribution in [0.5, 0.6) is 0 Å². The van der Waals surface area contributed by atoms with Gasteiger partial charge in [-0.3, -0.25) is 4.79 Å². The number of carbonyl (C=O) groups is 1. The molecule has 0 aliphatic rings. The number of hydrogen-bond acceptors (Lipinski definition) is 3. The summed E-state index contributed by atoms with van der Waals surface area (Å²) in [5.41, 5.74) is 7.04. The van der Waals surface area contributed by atoms with Crippen molar-refractivity contribution >= 4 is 21.9 Å². The molecule has 0 aliphatic carbocycles. The topological polar surface area (TPSA) is 52.3 Å². The number of carbonyl (C=O) groups excluding carboxylic acids is 1. The van der Waals surface area contributed by atoms with Crippen molar-refractivity contribution in [1.82, 2.24) is 0 Å². The van der Waals surface area contributed by atoms with Gasteiger partial charge in [0.05, 0.1) is 6.42 Å². The molecular formula is C15H22BrNO2. The molecule has 0 saturated heterocycles. The van der Waals surface area contributed by atoms with Gasteiger partial charge in [-0.15, -0.1) is 0 Å². The Hall–Kier alpha value is -0.870. The molecule has 0 heterocycles. The van der Waals surface area contributed by atoms with Crippen LogP contribution in [0.2, 0.25) is 0 Å². The van der Waals surface area contributed by atoms with Crippen molar-refractivity contribution in [2.75, 3.05) is 0 Å². The second-order valence-corrected chi connectivity index (χ2v) is 6.84. The first-order chi connectivity index (χ1) is 8.78. The number of halogens is 1. The molecule has 3 nitrogen and oxygen atoms in total. The summed E-state index contributed by atoms with van der Waals surface area (Å²) in [6.07, 6.45) is 1.07. The van der Waals surface area contributed by atoms with Crippen LogP contribution in [0.1, 0.15) is 39.2 Å². The van der Waals surface area contributed by atoms with E-state index in [-0.39, 0.29) is 30.5 Å². The highest BCUT2D eigenvalue weighted by Crippen LogP contribution is 2.21. The van der Waals surface area contributed by atoms with Crippen LogP contribution in [0, 0.1) is 5.41 Å². The predicted molar refractivity (Wildman–Crippen MR) is 80.6 cm³/mol. The first kappa shape index (κ1) is 16.2. The van der Waals surface area contributed by atoms with E-state index < -0.39 is 0 Å². The van der Waals surface area contributed by atoms with Crippen LogP contribution in [-0.4, -0.2) is 12.0 Å². The Bertz CT molecular complexity index is 426. The third kappa shape index (κ3) is 6.73. The zero-order chi connectivity index (χ0) is 14.5. The van der Waals surface area contributed by atoms with Crippen molar-refractivity contribution in [3.05, 3.63) is 34.3 Å². The van der Waals surface area contributed by atoms with Crippen molar-refractivity contribution < 1.29 is 9.53 Å². The fourth-order valence-electron chi connectivity index (χ4n) is 1.91. The zero-order valence-electron chi connectivity index (χ0n) is 11.8. The lowest BCUT2D eigenvalue weighted by atomic mass is 9.87. The molecule has 1 aromatic carbocycles. The minimum Gasteiger partial charge on any atom is -0.461 e. The van der Waals surface area contributed by atoms with Crippen LogP contribution in [-0.2, 0) is 16.1 Å². The molecule has 0 radical (unpaired) electrons. The molecular weight excluding hydrogens is 306 g/mol. The third-order valence-corrected chi connectivity index (χ3v) is 3.42. The number of benzene rings is 1. The second-order valence-electron chi connectivity index (χ2n) is 5.98. The van der Waals surface area contributed by atoms with Gasteiger partial charge < -0.3 is 10.5 Å². The van der Waals surface area contributed by atoms with Gasteiger partial charge in [0.1, 0.15) is 6.61 Å². The fourth-order valence-corrected chi connectivity index (χ4v) is 2.30. The summed E-state index contributed by atoms with van der Waals surface area (Å²) in [7, 11) is 0. The van der Waals surface area contributed by atoms with Gasteiger partial charge >= 0.3 is 5.97 Å². The molecule has 4 heteroatoms. The van der Waals surface area contributed by atoms with E-state index in [0.29, 0.717) is 0 Å². The summed E-state index contributed by atoms with van der Waals surface area (Å²) in [5.74, 6) is -0.243. The van der Waals surface area contributed by atoms with Gasteiger partial charge in [-0.2, -0.15) is 0 Å². The molecule has 2 N–H and O–H groups in total. The zero-order valence-corrected chi connectivity index (χ0v) is 13.4. The van der Waals surface area contributed by atoms with Gasteiger partial charge in [0.15, 0.2) is 0 Å². The minimum absolute atomic E-state index is 0.127. The lowest BCUT2D eigenvalue weighted by Crippen LogP contribution is -2.29. The summed E-state index contributed by atoms with van der Waals surface area (Å²) in [6, 6.07) is 7.54. The van der Waals surface area contributed by atoms with Crippen LogP contribution in [0.25, 0.3) is 0 Å². The van der Waals surface area contributed by atoms with Crippen LogP contribution in [0.15, 0.2) is 28.7 Å². The highest BCUT2D eigenvalue weighted by molar-refractivity contribution is 9.10. The monoisotopic (exact) mass is 327 g/mol. The normalized spacial score (nSPS) is 13.1. The Morgan fingerprint density at radius 1 is 1.37 bits per heavy atom. The van der Waals surface area contributed by atoms with Crippen LogP contribution in [0.3, 0.4) is 0 Å². The van der Waals surface area contributed by atoms with E-state index in [1.165, 1.54) is 0 Å². The molecule has 0 amide bonds. The number of rotatable bonds is 5. The Balaban J connectivity index is 2.38. The van der Waals surface area contributed by atoms with Crippen LogP contribution in [0.4, 0.5) is 0 Å². The van der Waals surface area contributed by atoms with Crippen molar-refractivity contribution in [2.24, 2.45) is 11.1 Å². The summed E-state index contributed by atoms with van der Waals surface area (Å²) in [4.78, 5) is 11.7. The highest BCUT2D eigenvalue weighted by atomic mass is 79.9. The van der Waals surface area contributed by atoms with Crippen LogP contribution >= 0.6 is 15.9 Å². The minimum atomic E-state index is -0.243. The SMILES string of the molecule is CC(C)(C)CC(N)CC(=O)OCc1ccccc1Br. The fraction of sp³-hybridized carbons (Fsp3) is 0.533. The molecule has 1 rings (SSSR count). The summed E-state index contributed by atoms with van der Waals surface area (Å²) >= 11 is 3.42. The maximum atomic E-state index is 11.7. The lowest BCUT2D eigenvalue weighted by molar-refractivity contribution is -0.145. The number of hydrogen-bond donors (Lipinski definition) is 1. The lowest BCUT2D eigenvalue weighted by Gasteiger charge is -2.22. The van der Waals surface area contributed by atoms with E-state index in [1.54, 1.807) is 0 Å². The molecule has 0 saturated carbocycles. The average Bonchev–Trinajstić information content (AvgIpc) is 2.25. The first-order valence-corrected chi connectivity index (χ1v) is 7.22. The molecule has 0 aromatic heterocycles. The van der Waals surface area contributed by atoms with Gasteiger partial charge in [-0.25, -0.2) is 0 Å². The van der Waals surface area contributed by atoms with Gasteiger partial charge in [0, 0.05) is 16.1 Å². The van der Waals surface area contributed by atoms with E-state index in [2.05, 4.69) is 36.7 Å². The molecule has 0 fully saturated rings. The summed E-state index contributed by atoms with van der Waals surface area (Å²) in [6.45, 7) is 6.61. The average molecular weight is 328 g/mol. The number of nitrogens with two attached hydrogens (primary N) is 1. The smallest absolute Gasteiger partial charge is 0.307 e. The molecule has 19 heavy (non-hydrogen) atoms. The molecule has 0 spiro atoms. The Kier molecular flexibility index (Phi) is 6.01. The maximum absolute atomic E-state index is 11.7. The predicted octanol–water partition coefficient (Wildman–Crippen LogP) is 3.65. The van der Waals surface area contributed by atoms with Crippen molar-refractivity contribution in [3.8, 4) is 0 Å². The van der Waals surface area contributed by atoms with E-state index in [0.717, 1.165) is 16.5 Å². The van der Waals surface area contributed by atoms with Crippen molar-refractivity contribution in [1.29, 1.82) is 0 Å². The highest BCUT2D eigenvalue weighted by Gasteiger charge is 2.18. The van der Waals surface area contributed by atoms with Gasteiger partial charge in [0.25, 0.3) is 0 Å².